The molecule has 2 saturated heterocycles. The number of alkyl halides is 3. The van der Waals surface area contributed by atoms with Gasteiger partial charge in [0.25, 0.3) is 0 Å². The second-order valence-corrected chi connectivity index (χ2v) is 12.5. The number of hydrogen-bond acceptors (Lipinski definition) is 3. The number of carbonyl (C=O) groups excluding carboxylic acids is 1. The van der Waals surface area contributed by atoms with Gasteiger partial charge < -0.3 is 15.5 Å². The predicted molar refractivity (Wildman–Crippen MR) is 169 cm³/mol. The minimum absolute atomic E-state index is 0.0717. The molecule has 2 N–H and O–H groups in total. The number of allylic oxidation sites excluding steroid dienone is 1. The van der Waals surface area contributed by atoms with E-state index in [0.29, 0.717) is 16.0 Å². The molecule has 8 heteroatoms. The Hall–Kier alpha value is -2.51. The monoisotopic (exact) mass is 617 g/mol. The highest BCUT2D eigenvalue weighted by Gasteiger charge is 2.53. The number of benzene rings is 2. The lowest BCUT2D eigenvalue weighted by atomic mass is 9.77. The zero-order chi connectivity index (χ0) is 31.3. The van der Waals surface area contributed by atoms with Gasteiger partial charge in [-0.25, -0.2) is 0 Å². The third-order valence-electron chi connectivity index (χ3n) is 9.36. The van der Waals surface area contributed by atoms with Gasteiger partial charge in [-0.1, -0.05) is 70.0 Å². The van der Waals surface area contributed by atoms with Crippen molar-refractivity contribution in [2.24, 2.45) is 5.41 Å². The van der Waals surface area contributed by atoms with Crippen molar-refractivity contribution < 1.29 is 18.0 Å². The normalized spacial score (nSPS) is 19.9. The molecule has 43 heavy (non-hydrogen) atoms. The Bertz CT molecular complexity index is 1250. The summed E-state index contributed by atoms with van der Waals surface area (Å²) in [6, 6.07) is 10.5. The van der Waals surface area contributed by atoms with E-state index in [2.05, 4.69) is 35.5 Å². The van der Waals surface area contributed by atoms with Crippen LogP contribution in [0.2, 0.25) is 5.02 Å². The van der Waals surface area contributed by atoms with E-state index >= 15 is 0 Å². The summed E-state index contributed by atoms with van der Waals surface area (Å²) in [5.74, 6) is -0.0717. The molecule has 1 saturated carbocycles. The van der Waals surface area contributed by atoms with Gasteiger partial charge in [0, 0.05) is 30.4 Å². The van der Waals surface area contributed by atoms with Gasteiger partial charge in [-0.15, -0.1) is 0 Å². The van der Waals surface area contributed by atoms with Crippen LogP contribution in [0.3, 0.4) is 0 Å². The van der Waals surface area contributed by atoms with Gasteiger partial charge >= 0.3 is 6.18 Å². The third kappa shape index (κ3) is 7.42. The Kier molecular flexibility index (Phi) is 10.9. The fourth-order valence-corrected chi connectivity index (χ4v) is 7.01. The van der Waals surface area contributed by atoms with Gasteiger partial charge in [-0.3, -0.25) is 4.79 Å². The van der Waals surface area contributed by atoms with E-state index in [9.17, 15) is 18.0 Å². The molecular weight excluding hydrogens is 571 g/mol. The van der Waals surface area contributed by atoms with Gasteiger partial charge in [0.2, 0.25) is 5.91 Å². The van der Waals surface area contributed by atoms with Crippen LogP contribution in [0.4, 0.5) is 13.2 Å². The van der Waals surface area contributed by atoms with Crippen LogP contribution < -0.4 is 10.6 Å². The largest absolute Gasteiger partial charge is 0.416 e. The first-order chi connectivity index (χ1) is 20.6. The first-order valence-electron chi connectivity index (χ1n) is 16.0. The Labute approximate surface area is 260 Å². The van der Waals surface area contributed by atoms with Gasteiger partial charge in [0.05, 0.1) is 17.0 Å². The maximum atomic E-state index is 14.2. The Morgan fingerprint density at radius 3 is 2.26 bits per heavy atom. The van der Waals surface area contributed by atoms with E-state index in [0.717, 1.165) is 100 Å². The molecule has 0 bridgehead atoms. The van der Waals surface area contributed by atoms with Crippen LogP contribution in [0.15, 0.2) is 54.2 Å². The highest BCUT2D eigenvalue weighted by atomic mass is 35.5. The number of rotatable bonds is 9. The van der Waals surface area contributed by atoms with E-state index < -0.39 is 23.2 Å². The second kappa shape index (κ2) is 14.1. The summed E-state index contributed by atoms with van der Waals surface area (Å²) in [4.78, 5) is 16.5. The number of piperidine rings is 1. The molecule has 3 fully saturated rings. The van der Waals surface area contributed by atoms with E-state index in [1.165, 1.54) is 18.6 Å². The Balaban J connectivity index is 0.00000207. The number of likely N-dealkylation sites (tertiary alicyclic amines) is 1. The zero-order valence-electron chi connectivity index (χ0n) is 26.0. The van der Waals surface area contributed by atoms with Crippen molar-refractivity contribution in [3.05, 3.63) is 81.5 Å². The fourth-order valence-electron chi connectivity index (χ4n) is 6.81. The molecule has 4 nitrogen and oxygen atoms in total. The van der Waals surface area contributed by atoms with Crippen molar-refractivity contribution in [2.45, 2.75) is 96.7 Å². The molecule has 0 unspecified atom stereocenters. The van der Waals surface area contributed by atoms with E-state index in [1.807, 2.05) is 32.0 Å². The van der Waals surface area contributed by atoms with Gasteiger partial charge in [0.1, 0.15) is 0 Å². The van der Waals surface area contributed by atoms with E-state index in [-0.39, 0.29) is 5.91 Å². The SMILES string of the molecule is CC.CCC=C([C@@H](NC(=O)C1(c2ccc(Cl)cc2CCC)CC1)c1ccc(C(F)(F)F)cc1)N1CCC2(CCNC2)CC1. The summed E-state index contributed by atoms with van der Waals surface area (Å²) >= 11 is 6.32. The van der Waals surface area contributed by atoms with E-state index in [1.54, 1.807) is 0 Å². The summed E-state index contributed by atoms with van der Waals surface area (Å²) in [5.41, 5.74) is 2.74. The summed E-state index contributed by atoms with van der Waals surface area (Å²) in [5, 5.41) is 7.51. The molecule has 2 aromatic rings. The molecule has 3 aliphatic rings. The number of nitrogens with one attached hydrogen (secondary N) is 2. The number of halogens is 4. The Morgan fingerprint density at radius 1 is 1.05 bits per heavy atom. The molecule has 1 amide bonds. The molecule has 2 heterocycles. The van der Waals surface area contributed by atoms with Crippen LogP contribution in [0.1, 0.15) is 101 Å². The zero-order valence-corrected chi connectivity index (χ0v) is 26.8. The minimum Gasteiger partial charge on any atom is -0.373 e. The molecular formula is C35H47ClF3N3O. The molecule has 0 aromatic heterocycles. The molecule has 0 radical (unpaired) electrons. The first kappa shape index (κ1) is 33.4. The highest BCUT2D eigenvalue weighted by molar-refractivity contribution is 6.30. The maximum Gasteiger partial charge on any atom is 0.416 e. The van der Waals surface area contributed by atoms with Crippen LogP contribution >= 0.6 is 11.6 Å². The summed E-state index contributed by atoms with van der Waals surface area (Å²) in [6.07, 6.45) is 5.02. The second-order valence-electron chi connectivity index (χ2n) is 12.1. The average molecular weight is 618 g/mol. The van der Waals surface area contributed by atoms with Crippen molar-refractivity contribution in [2.75, 3.05) is 26.2 Å². The van der Waals surface area contributed by atoms with Crippen molar-refractivity contribution in [3.63, 3.8) is 0 Å². The molecule has 5 rings (SSSR count). The topological polar surface area (TPSA) is 44.4 Å². The fraction of sp³-hybridized carbons (Fsp3) is 0.571. The molecule has 1 atom stereocenters. The van der Waals surface area contributed by atoms with Crippen molar-refractivity contribution in [3.8, 4) is 0 Å². The highest BCUT2D eigenvalue weighted by Crippen LogP contribution is 2.51. The molecule has 236 valence electrons. The van der Waals surface area contributed by atoms with Crippen LogP contribution in [-0.2, 0) is 22.8 Å². The molecule has 2 aliphatic heterocycles. The number of nitrogens with zero attached hydrogens (tertiary/aromatic N) is 1. The van der Waals surface area contributed by atoms with Gasteiger partial charge in [-0.2, -0.15) is 13.2 Å². The number of aryl methyl sites for hydroxylation is 1. The third-order valence-corrected chi connectivity index (χ3v) is 9.60. The molecule has 1 spiro atoms. The lowest BCUT2D eigenvalue weighted by Gasteiger charge is -2.43. The summed E-state index contributed by atoms with van der Waals surface area (Å²) in [6.45, 7) is 12.0. The van der Waals surface area contributed by atoms with Crippen LogP contribution in [0.5, 0.6) is 0 Å². The summed E-state index contributed by atoms with van der Waals surface area (Å²) in [7, 11) is 0. The summed E-state index contributed by atoms with van der Waals surface area (Å²) < 4.78 is 40.3. The van der Waals surface area contributed by atoms with Crippen molar-refractivity contribution >= 4 is 17.5 Å². The average Bonchev–Trinajstić information content (AvgIpc) is 3.69. The maximum absolute atomic E-state index is 14.2. The standard InChI is InChI=1S/C33H41ClF3N3O.C2H6/c1-3-5-24-21-26(34)11-12-27(24)32(13-14-32)30(41)39-29(23-7-9-25(10-8-23)33(35,36)37)28(6-4-2)40-19-16-31(17-20-40)15-18-38-22-31;1-2/h6-12,21,29,38H,3-5,13-20,22H2,1-2H3,(H,39,41);1-2H3/t29-;/m0./s1. The lowest BCUT2D eigenvalue weighted by molar-refractivity contribution is -0.137. The molecule has 2 aromatic carbocycles. The van der Waals surface area contributed by atoms with Gasteiger partial charge in [-0.05, 0) is 97.9 Å². The van der Waals surface area contributed by atoms with Gasteiger partial charge in [0.15, 0.2) is 0 Å². The number of amides is 1. The number of carbonyl (C=O) groups is 1. The van der Waals surface area contributed by atoms with Crippen molar-refractivity contribution in [1.29, 1.82) is 0 Å². The van der Waals surface area contributed by atoms with Crippen LogP contribution in [0.25, 0.3) is 0 Å². The predicted octanol–water partition coefficient (Wildman–Crippen LogP) is 8.60. The van der Waals surface area contributed by atoms with Crippen molar-refractivity contribution in [1.82, 2.24) is 15.5 Å². The molecule has 1 aliphatic carbocycles. The Morgan fingerprint density at radius 2 is 1.72 bits per heavy atom. The van der Waals surface area contributed by atoms with Crippen LogP contribution in [0, 0.1) is 5.41 Å². The lowest BCUT2D eigenvalue weighted by Crippen LogP contribution is -2.45. The smallest absolute Gasteiger partial charge is 0.373 e. The minimum atomic E-state index is -4.42. The van der Waals surface area contributed by atoms with E-state index in [4.69, 9.17) is 11.6 Å². The quantitative estimate of drug-likeness (QED) is 0.296. The van der Waals surface area contributed by atoms with Crippen LogP contribution in [-0.4, -0.2) is 37.0 Å². The first-order valence-corrected chi connectivity index (χ1v) is 16.4. The number of hydrogen-bond donors (Lipinski definition) is 2.